The van der Waals surface area contributed by atoms with Crippen molar-refractivity contribution in [3.63, 3.8) is 0 Å². The number of fused-ring (bicyclic) bond motifs is 1. The Balaban J connectivity index is 1.64. The zero-order valence-electron chi connectivity index (χ0n) is 17.4. The monoisotopic (exact) mass is 482 g/mol. The first-order chi connectivity index (χ1) is 16.0. The van der Waals surface area contributed by atoms with Crippen LogP contribution in [0.25, 0.3) is 28.2 Å². The molecule has 2 aromatic heterocycles. The molecule has 0 spiro atoms. The topological polar surface area (TPSA) is 96.2 Å². The fourth-order valence-corrected chi connectivity index (χ4v) is 4.46. The molecule has 8 nitrogen and oxygen atoms in total. The van der Waals surface area contributed by atoms with E-state index in [2.05, 4.69) is 15.3 Å². The van der Waals surface area contributed by atoms with Gasteiger partial charge in [-0.1, -0.05) is 35.3 Å². The summed E-state index contributed by atoms with van der Waals surface area (Å²) in [6.45, 7) is 0.921. The Hall–Kier alpha value is -3.36. The van der Waals surface area contributed by atoms with Crippen LogP contribution >= 0.6 is 23.2 Å². The number of carboxylic acid groups (broad SMARTS) is 1. The van der Waals surface area contributed by atoms with E-state index in [1.54, 1.807) is 0 Å². The Morgan fingerprint density at radius 3 is 2.64 bits per heavy atom. The molecule has 1 saturated heterocycles. The number of nitrogens with zero attached hydrogens (tertiary/aromatic N) is 5. The van der Waals surface area contributed by atoms with Crippen LogP contribution in [0.15, 0.2) is 54.9 Å². The molecule has 2 aromatic carbocycles. The Kier molecular flexibility index (Phi) is 5.78. The third kappa shape index (κ3) is 4.19. The Morgan fingerprint density at radius 2 is 1.88 bits per heavy atom. The molecule has 1 aliphatic heterocycles. The molecule has 1 fully saturated rings. The van der Waals surface area contributed by atoms with Gasteiger partial charge in [-0.15, -0.1) is 0 Å². The molecule has 168 valence electrons. The van der Waals surface area contributed by atoms with Gasteiger partial charge in [0.05, 0.1) is 5.02 Å². The van der Waals surface area contributed by atoms with Gasteiger partial charge in [0.2, 0.25) is 0 Å². The molecule has 2 N–H and O–H groups in total. The third-order valence-electron chi connectivity index (χ3n) is 5.68. The fraction of sp³-hybridized carbons (Fsp3) is 0.217. The lowest BCUT2D eigenvalue weighted by Gasteiger charge is -2.31. The van der Waals surface area contributed by atoms with E-state index in [4.69, 9.17) is 28.2 Å². The minimum absolute atomic E-state index is 0.0719. The Bertz CT molecular complexity index is 1320. The summed E-state index contributed by atoms with van der Waals surface area (Å²) in [7, 11) is 0. The highest BCUT2D eigenvalue weighted by molar-refractivity contribution is 6.33. The van der Waals surface area contributed by atoms with E-state index in [1.165, 1.54) is 11.2 Å². The van der Waals surface area contributed by atoms with Crippen LogP contribution in [0.4, 0.5) is 10.6 Å². The number of likely N-dealkylation sites (tertiary alicyclic amines) is 1. The van der Waals surface area contributed by atoms with Crippen molar-refractivity contribution in [1.82, 2.24) is 24.4 Å². The lowest BCUT2D eigenvalue weighted by molar-refractivity contribution is 0.133. The summed E-state index contributed by atoms with van der Waals surface area (Å²) in [5, 5.41) is 13.9. The zero-order chi connectivity index (χ0) is 22.9. The maximum atomic E-state index is 11.4. The number of carbonyl (C=O) groups is 1. The van der Waals surface area contributed by atoms with Crippen molar-refractivity contribution in [2.75, 3.05) is 18.4 Å². The minimum Gasteiger partial charge on any atom is -0.465 e. The molecule has 3 heterocycles. The maximum Gasteiger partial charge on any atom is 0.407 e. The van der Waals surface area contributed by atoms with Crippen LogP contribution in [0.3, 0.4) is 0 Å². The molecule has 0 unspecified atom stereocenters. The predicted octanol–water partition coefficient (Wildman–Crippen LogP) is 5.34. The van der Waals surface area contributed by atoms with E-state index < -0.39 is 6.09 Å². The molecule has 1 amide bonds. The van der Waals surface area contributed by atoms with Gasteiger partial charge in [-0.25, -0.2) is 19.7 Å². The van der Waals surface area contributed by atoms with Crippen LogP contribution in [-0.4, -0.2) is 54.8 Å². The number of halogens is 2. The van der Waals surface area contributed by atoms with Gasteiger partial charge in [-0.2, -0.15) is 0 Å². The number of anilines is 1. The molecule has 0 radical (unpaired) electrons. The van der Waals surface area contributed by atoms with Gasteiger partial charge in [-0.05, 0) is 49.2 Å². The van der Waals surface area contributed by atoms with E-state index in [0.29, 0.717) is 45.9 Å². The summed E-state index contributed by atoms with van der Waals surface area (Å²) in [6.07, 6.45) is 2.18. The summed E-state index contributed by atoms with van der Waals surface area (Å²) in [5.41, 5.74) is 2.77. The van der Waals surface area contributed by atoms with Crippen LogP contribution in [0.1, 0.15) is 12.8 Å². The number of imidazole rings is 1. The summed E-state index contributed by atoms with van der Waals surface area (Å²) in [4.78, 5) is 26.7. The van der Waals surface area contributed by atoms with Crippen molar-refractivity contribution in [2.24, 2.45) is 0 Å². The highest BCUT2D eigenvalue weighted by atomic mass is 35.5. The highest BCUT2D eigenvalue weighted by Gasteiger charge is 2.25. The first-order valence-electron chi connectivity index (χ1n) is 10.5. The Labute approximate surface area is 199 Å². The van der Waals surface area contributed by atoms with Crippen LogP contribution in [0.2, 0.25) is 10.0 Å². The molecule has 33 heavy (non-hydrogen) atoms. The number of rotatable bonds is 4. The van der Waals surface area contributed by atoms with Crippen molar-refractivity contribution < 1.29 is 9.90 Å². The van der Waals surface area contributed by atoms with E-state index in [9.17, 15) is 9.90 Å². The standard InChI is InChI=1S/C23H20Cl2N6O2/c24-14-7-9-16(10-8-14)31-21(17-5-1-2-6-18(17)25)29-19-20(26-13-27-22(19)31)28-15-4-3-11-30(12-15)23(32)33/h1-2,5-10,13,15H,3-4,11-12H2,(H,32,33)(H,26,27,28)/t15-/m0/s1. The first-order valence-corrected chi connectivity index (χ1v) is 11.3. The van der Waals surface area contributed by atoms with Crippen LogP contribution in [0.5, 0.6) is 0 Å². The van der Waals surface area contributed by atoms with E-state index in [0.717, 1.165) is 24.1 Å². The molecule has 0 aliphatic carbocycles. The summed E-state index contributed by atoms with van der Waals surface area (Å²) in [6, 6.07) is 14.8. The second-order valence-corrected chi connectivity index (χ2v) is 8.68. The lowest BCUT2D eigenvalue weighted by Crippen LogP contribution is -2.44. The van der Waals surface area contributed by atoms with E-state index in [-0.39, 0.29) is 6.04 Å². The fourth-order valence-electron chi connectivity index (χ4n) is 4.12. The average Bonchev–Trinajstić information content (AvgIpc) is 3.20. The van der Waals surface area contributed by atoms with Crippen LogP contribution < -0.4 is 5.32 Å². The highest BCUT2D eigenvalue weighted by Crippen LogP contribution is 2.34. The van der Waals surface area contributed by atoms with Crippen molar-refractivity contribution in [1.29, 1.82) is 0 Å². The van der Waals surface area contributed by atoms with Crippen molar-refractivity contribution >= 4 is 46.3 Å². The quantitative estimate of drug-likeness (QED) is 0.407. The Morgan fingerprint density at radius 1 is 1.09 bits per heavy atom. The van der Waals surface area contributed by atoms with E-state index >= 15 is 0 Å². The number of hydrogen-bond acceptors (Lipinski definition) is 5. The number of benzene rings is 2. The molecule has 1 atom stereocenters. The zero-order valence-corrected chi connectivity index (χ0v) is 19.0. The summed E-state index contributed by atoms with van der Waals surface area (Å²) in [5.74, 6) is 1.18. The molecule has 0 bridgehead atoms. The minimum atomic E-state index is -0.914. The van der Waals surface area contributed by atoms with Crippen molar-refractivity contribution in [3.8, 4) is 17.1 Å². The number of amides is 1. The smallest absolute Gasteiger partial charge is 0.407 e. The van der Waals surface area contributed by atoms with Gasteiger partial charge < -0.3 is 15.3 Å². The van der Waals surface area contributed by atoms with E-state index in [1.807, 2.05) is 53.1 Å². The second-order valence-electron chi connectivity index (χ2n) is 7.83. The number of aromatic nitrogens is 4. The van der Waals surface area contributed by atoms with Gasteiger partial charge in [0.1, 0.15) is 12.2 Å². The summed E-state index contributed by atoms with van der Waals surface area (Å²) < 4.78 is 1.92. The average molecular weight is 483 g/mol. The maximum absolute atomic E-state index is 11.4. The molecule has 10 heteroatoms. The molecule has 1 aliphatic rings. The first kappa shape index (κ1) is 21.5. The van der Waals surface area contributed by atoms with Crippen molar-refractivity contribution in [3.05, 3.63) is 64.9 Å². The lowest BCUT2D eigenvalue weighted by atomic mass is 10.1. The normalized spacial score (nSPS) is 16.2. The van der Waals surface area contributed by atoms with Crippen LogP contribution in [0, 0.1) is 0 Å². The van der Waals surface area contributed by atoms with Crippen molar-refractivity contribution in [2.45, 2.75) is 18.9 Å². The molecular weight excluding hydrogens is 463 g/mol. The predicted molar refractivity (Wildman–Crippen MR) is 128 cm³/mol. The third-order valence-corrected chi connectivity index (χ3v) is 6.26. The van der Waals surface area contributed by atoms with Gasteiger partial charge in [0.15, 0.2) is 17.0 Å². The van der Waals surface area contributed by atoms with Crippen LogP contribution in [-0.2, 0) is 0 Å². The van der Waals surface area contributed by atoms with Gasteiger partial charge in [0, 0.05) is 35.4 Å². The number of nitrogens with one attached hydrogen (secondary N) is 1. The largest absolute Gasteiger partial charge is 0.465 e. The van der Waals surface area contributed by atoms with Gasteiger partial charge in [0.25, 0.3) is 0 Å². The molecule has 4 aromatic rings. The molecule has 0 saturated carbocycles. The summed E-state index contributed by atoms with van der Waals surface area (Å²) >= 11 is 12.6. The number of piperidine rings is 1. The number of hydrogen-bond donors (Lipinski definition) is 2. The second kappa shape index (κ2) is 8.88. The molecular formula is C23H20Cl2N6O2. The van der Waals surface area contributed by atoms with Gasteiger partial charge >= 0.3 is 6.09 Å². The van der Waals surface area contributed by atoms with Gasteiger partial charge in [-0.3, -0.25) is 4.57 Å². The SMILES string of the molecule is O=C(O)N1CCC[C@H](Nc2ncnc3c2nc(-c2ccccc2Cl)n3-c2ccc(Cl)cc2)C1. The molecule has 5 rings (SSSR count).